The molecule has 1 unspecified atom stereocenters. The maximum atomic E-state index is 12.3. The Morgan fingerprint density at radius 1 is 1.47 bits per heavy atom. The number of hydrogen-bond donors (Lipinski definition) is 2. The second kappa shape index (κ2) is 4.77. The van der Waals surface area contributed by atoms with Crippen LogP contribution in [-0.2, 0) is 0 Å². The molecule has 5 nitrogen and oxygen atoms in total. The quantitative estimate of drug-likeness (QED) is 0.900. The first kappa shape index (κ1) is 12.3. The number of nitrogens with zero attached hydrogens (tertiary/aromatic N) is 2. The Hall–Kier alpha value is -1.69. The largest absolute Gasteiger partial charge is 0.396 e. The number of amides is 1. The van der Waals surface area contributed by atoms with E-state index >= 15 is 0 Å². The molecular formula is C13H16N4OS. The van der Waals surface area contributed by atoms with Crippen LogP contribution in [0.2, 0.25) is 0 Å². The second-order valence-electron chi connectivity index (χ2n) is 5.01. The number of rotatable bonds is 3. The molecule has 1 saturated carbocycles. The third kappa shape index (κ3) is 2.16. The number of nitrogen functional groups attached to an aromatic ring is 1. The van der Waals surface area contributed by atoms with Gasteiger partial charge in [0.15, 0.2) is 0 Å². The van der Waals surface area contributed by atoms with Crippen molar-refractivity contribution >= 4 is 33.3 Å². The van der Waals surface area contributed by atoms with Crippen molar-refractivity contribution in [1.82, 2.24) is 15.3 Å². The molecule has 0 aromatic carbocycles. The van der Waals surface area contributed by atoms with Gasteiger partial charge < -0.3 is 11.1 Å². The van der Waals surface area contributed by atoms with Crippen LogP contribution in [0.5, 0.6) is 0 Å². The number of carbonyl (C=O) groups is 1. The number of hydrogen-bond acceptors (Lipinski definition) is 5. The minimum absolute atomic E-state index is 0.110. The maximum Gasteiger partial charge on any atom is 0.263 e. The van der Waals surface area contributed by atoms with Crippen LogP contribution in [0.25, 0.3) is 10.3 Å². The normalized spacial score (nSPS) is 17.1. The van der Waals surface area contributed by atoms with Crippen LogP contribution >= 0.6 is 11.3 Å². The smallest absolute Gasteiger partial charge is 0.263 e. The van der Waals surface area contributed by atoms with Crippen LogP contribution in [0, 0.1) is 5.92 Å². The Kier molecular flexibility index (Phi) is 3.10. The summed E-state index contributed by atoms with van der Waals surface area (Å²) in [5.74, 6) is 0.498. The summed E-state index contributed by atoms with van der Waals surface area (Å²) in [4.78, 5) is 21.8. The van der Waals surface area contributed by atoms with Crippen LogP contribution in [0.15, 0.2) is 12.4 Å². The van der Waals surface area contributed by atoms with E-state index in [1.165, 1.54) is 30.6 Å². The summed E-state index contributed by atoms with van der Waals surface area (Å²) in [5, 5.41) is 3.04. The fourth-order valence-corrected chi connectivity index (χ4v) is 3.27. The van der Waals surface area contributed by atoms with Gasteiger partial charge in [-0.15, -0.1) is 11.3 Å². The van der Waals surface area contributed by atoms with Crippen molar-refractivity contribution in [2.75, 3.05) is 5.73 Å². The number of anilines is 1. The molecule has 3 N–H and O–H groups in total. The SMILES string of the molecule is CC(NC(=O)c1sc2nccnc2c1N)C1CCC1. The molecule has 1 aliphatic carbocycles. The van der Waals surface area contributed by atoms with Crippen LogP contribution in [-0.4, -0.2) is 21.9 Å². The highest BCUT2D eigenvalue weighted by molar-refractivity contribution is 7.21. The van der Waals surface area contributed by atoms with Gasteiger partial charge in [0.05, 0.1) is 5.69 Å². The summed E-state index contributed by atoms with van der Waals surface area (Å²) in [6, 6.07) is 0.201. The molecule has 0 aliphatic heterocycles. The summed E-state index contributed by atoms with van der Waals surface area (Å²) in [5.41, 5.74) is 7.04. The minimum atomic E-state index is -0.110. The van der Waals surface area contributed by atoms with E-state index in [2.05, 4.69) is 22.2 Å². The molecule has 100 valence electrons. The van der Waals surface area contributed by atoms with Gasteiger partial charge in [0.2, 0.25) is 0 Å². The van der Waals surface area contributed by atoms with Crippen molar-refractivity contribution < 1.29 is 4.79 Å². The summed E-state index contributed by atoms with van der Waals surface area (Å²) in [6.45, 7) is 2.06. The lowest BCUT2D eigenvalue weighted by Gasteiger charge is -2.31. The molecule has 1 fully saturated rings. The fraction of sp³-hybridized carbons (Fsp3) is 0.462. The highest BCUT2D eigenvalue weighted by Gasteiger charge is 2.26. The number of carbonyl (C=O) groups excluding carboxylic acids is 1. The fourth-order valence-electron chi connectivity index (χ4n) is 2.34. The predicted molar refractivity (Wildman–Crippen MR) is 76.1 cm³/mol. The Labute approximate surface area is 115 Å². The Morgan fingerprint density at radius 3 is 2.84 bits per heavy atom. The van der Waals surface area contributed by atoms with Crippen molar-refractivity contribution in [2.45, 2.75) is 32.2 Å². The maximum absolute atomic E-state index is 12.3. The summed E-state index contributed by atoms with van der Waals surface area (Å²) in [6.07, 6.45) is 6.86. The first-order valence-electron chi connectivity index (χ1n) is 6.46. The second-order valence-corrected chi connectivity index (χ2v) is 6.01. The number of nitrogens with one attached hydrogen (secondary N) is 1. The van der Waals surface area contributed by atoms with E-state index in [9.17, 15) is 4.79 Å². The predicted octanol–water partition coefficient (Wildman–Crippen LogP) is 2.19. The minimum Gasteiger partial charge on any atom is -0.396 e. The molecule has 2 aromatic rings. The molecule has 0 spiro atoms. The Balaban J connectivity index is 1.82. The standard InChI is InChI=1S/C13H16N4OS/c1-7(8-3-2-4-8)17-12(18)11-9(14)10-13(19-11)16-6-5-15-10/h5-8H,2-4,14H2,1H3,(H,17,18). The van der Waals surface area contributed by atoms with Crippen LogP contribution in [0.4, 0.5) is 5.69 Å². The highest BCUT2D eigenvalue weighted by Crippen LogP contribution is 2.32. The zero-order valence-electron chi connectivity index (χ0n) is 10.7. The topological polar surface area (TPSA) is 80.9 Å². The van der Waals surface area contributed by atoms with E-state index in [4.69, 9.17) is 5.73 Å². The van der Waals surface area contributed by atoms with Gasteiger partial charge in [-0.25, -0.2) is 9.97 Å². The van der Waals surface area contributed by atoms with Gasteiger partial charge in [0.25, 0.3) is 5.91 Å². The van der Waals surface area contributed by atoms with E-state index in [1.807, 2.05) is 0 Å². The highest BCUT2D eigenvalue weighted by atomic mass is 32.1. The van der Waals surface area contributed by atoms with Gasteiger partial charge >= 0.3 is 0 Å². The monoisotopic (exact) mass is 276 g/mol. The van der Waals surface area contributed by atoms with Gasteiger partial charge in [0.1, 0.15) is 15.2 Å². The van der Waals surface area contributed by atoms with Gasteiger partial charge in [-0.1, -0.05) is 6.42 Å². The molecule has 0 bridgehead atoms. The van der Waals surface area contributed by atoms with E-state index in [-0.39, 0.29) is 11.9 Å². The average Bonchev–Trinajstić information content (AvgIpc) is 2.65. The number of thiophene rings is 1. The molecule has 2 aromatic heterocycles. The number of aromatic nitrogens is 2. The van der Waals surface area contributed by atoms with E-state index < -0.39 is 0 Å². The van der Waals surface area contributed by atoms with Gasteiger partial charge in [-0.3, -0.25) is 4.79 Å². The first-order valence-corrected chi connectivity index (χ1v) is 7.28. The molecule has 0 radical (unpaired) electrons. The lowest BCUT2D eigenvalue weighted by molar-refractivity contribution is 0.0914. The summed E-state index contributed by atoms with van der Waals surface area (Å²) >= 11 is 1.30. The molecular weight excluding hydrogens is 260 g/mol. The van der Waals surface area contributed by atoms with Crippen molar-refractivity contribution in [2.24, 2.45) is 5.92 Å². The van der Waals surface area contributed by atoms with E-state index in [0.29, 0.717) is 26.8 Å². The third-order valence-electron chi connectivity index (χ3n) is 3.79. The number of nitrogens with two attached hydrogens (primary N) is 1. The number of fused-ring (bicyclic) bond motifs is 1. The van der Waals surface area contributed by atoms with Gasteiger partial charge in [-0.05, 0) is 25.7 Å². The zero-order chi connectivity index (χ0) is 13.4. The zero-order valence-corrected chi connectivity index (χ0v) is 11.5. The van der Waals surface area contributed by atoms with E-state index in [0.717, 1.165) is 0 Å². The molecule has 1 aliphatic rings. The lowest BCUT2D eigenvalue weighted by atomic mass is 9.80. The first-order chi connectivity index (χ1) is 9.16. The lowest BCUT2D eigenvalue weighted by Crippen LogP contribution is -2.40. The molecule has 1 amide bonds. The molecule has 19 heavy (non-hydrogen) atoms. The van der Waals surface area contributed by atoms with Crippen molar-refractivity contribution in [3.63, 3.8) is 0 Å². The molecule has 1 atom stereocenters. The van der Waals surface area contributed by atoms with Gasteiger partial charge in [-0.2, -0.15) is 0 Å². The average molecular weight is 276 g/mol. The van der Waals surface area contributed by atoms with Crippen molar-refractivity contribution in [3.8, 4) is 0 Å². The molecule has 6 heteroatoms. The van der Waals surface area contributed by atoms with Crippen LogP contribution < -0.4 is 11.1 Å². The summed E-state index contributed by atoms with van der Waals surface area (Å²) in [7, 11) is 0. The Morgan fingerprint density at radius 2 is 2.21 bits per heavy atom. The van der Waals surface area contributed by atoms with Crippen molar-refractivity contribution in [1.29, 1.82) is 0 Å². The Bertz CT molecular complexity index is 620. The molecule has 0 saturated heterocycles. The van der Waals surface area contributed by atoms with Crippen LogP contribution in [0.1, 0.15) is 35.9 Å². The van der Waals surface area contributed by atoms with E-state index in [1.54, 1.807) is 12.4 Å². The summed E-state index contributed by atoms with van der Waals surface area (Å²) < 4.78 is 0. The molecule has 2 heterocycles. The third-order valence-corrected chi connectivity index (χ3v) is 4.89. The van der Waals surface area contributed by atoms with Crippen LogP contribution in [0.3, 0.4) is 0 Å². The van der Waals surface area contributed by atoms with Crippen molar-refractivity contribution in [3.05, 3.63) is 17.3 Å². The van der Waals surface area contributed by atoms with Gasteiger partial charge in [0, 0.05) is 18.4 Å². The molecule has 3 rings (SSSR count).